The Labute approximate surface area is 113 Å². The SMILES string of the molecule is CCc1nc(CC)n(-c2ncccc2CC(C)N)n1. The molecule has 5 nitrogen and oxygen atoms in total. The van der Waals surface area contributed by atoms with Crippen LogP contribution in [0.1, 0.15) is 38.0 Å². The molecule has 0 aromatic carbocycles. The number of rotatable bonds is 5. The summed E-state index contributed by atoms with van der Waals surface area (Å²) >= 11 is 0. The fraction of sp³-hybridized carbons (Fsp3) is 0.500. The molecule has 0 amide bonds. The summed E-state index contributed by atoms with van der Waals surface area (Å²) in [5.41, 5.74) is 7.01. The molecule has 2 N–H and O–H groups in total. The van der Waals surface area contributed by atoms with E-state index in [1.165, 1.54) is 0 Å². The average molecular weight is 259 g/mol. The molecule has 0 fully saturated rings. The lowest BCUT2D eigenvalue weighted by Crippen LogP contribution is -2.20. The van der Waals surface area contributed by atoms with Gasteiger partial charge in [-0.25, -0.2) is 9.97 Å². The molecule has 2 heterocycles. The Morgan fingerprint density at radius 2 is 2.11 bits per heavy atom. The normalized spacial score (nSPS) is 12.6. The van der Waals surface area contributed by atoms with Crippen LogP contribution in [-0.4, -0.2) is 25.8 Å². The Balaban J connectivity index is 2.48. The molecule has 0 aliphatic heterocycles. The predicted octanol–water partition coefficient (Wildman–Crippen LogP) is 1.68. The fourth-order valence-corrected chi connectivity index (χ4v) is 2.07. The summed E-state index contributed by atoms with van der Waals surface area (Å²) in [4.78, 5) is 8.99. The van der Waals surface area contributed by atoms with E-state index in [1.807, 2.05) is 17.7 Å². The van der Waals surface area contributed by atoms with Gasteiger partial charge in [0, 0.05) is 25.1 Å². The molecular weight excluding hydrogens is 238 g/mol. The molecule has 102 valence electrons. The number of nitrogens with two attached hydrogens (primary N) is 1. The van der Waals surface area contributed by atoms with Crippen LogP contribution in [0.25, 0.3) is 5.82 Å². The second-order valence-corrected chi connectivity index (χ2v) is 4.73. The molecule has 0 aliphatic carbocycles. The third-order valence-electron chi connectivity index (χ3n) is 2.96. The van der Waals surface area contributed by atoms with Gasteiger partial charge in [0.15, 0.2) is 11.6 Å². The summed E-state index contributed by atoms with van der Waals surface area (Å²) < 4.78 is 1.86. The minimum absolute atomic E-state index is 0.0993. The minimum Gasteiger partial charge on any atom is -0.328 e. The zero-order valence-corrected chi connectivity index (χ0v) is 11.8. The highest BCUT2D eigenvalue weighted by molar-refractivity contribution is 5.34. The lowest BCUT2D eigenvalue weighted by atomic mass is 10.1. The summed E-state index contributed by atoms with van der Waals surface area (Å²) in [6.07, 6.45) is 4.23. The molecule has 0 saturated carbocycles. The average Bonchev–Trinajstić information content (AvgIpc) is 2.82. The van der Waals surface area contributed by atoms with Crippen LogP contribution in [0.4, 0.5) is 0 Å². The first-order valence-corrected chi connectivity index (χ1v) is 6.80. The molecular formula is C14H21N5. The Morgan fingerprint density at radius 1 is 1.32 bits per heavy atom. The van der Waals surface area contributed by atoms with Crippen molar-refractivity contribution in [3.05, 3.63) is 35.5 Å². The van der Waals surface area contributed by atoms with Gasteiger partial charge in [0.25, 0.3) is 0 Å². The Morgan fingerprint density at radius 3 is 2.74 bits per heavy atom. The van der Waals surface area contributed by atoms with Gasteiger partial charge in [0.05, 0.1) is 0 Å². The topological polar surface area (TPSA) is 69.6 Å². The van der Waals surface area contributed by atoms with Crippen molar-refractivity contribution in [2.45, 2.75) is 46.1 Å². The van der Waals surface area contributed by atoms with E-state index in [0.717, 1.165) is 42.3 Å². The number of hydrogen-bond donors (Lipinski definition) is 1. The van der Waals surface area contributed by atoms with Crippen molar-refractivity contribution in [3.8, 4) is 5.82 Å². The van der Waals surface area contributed by atoms with Crippen molar-refractivity contribution in [1.82, 2.24) is 19.7 Å². The monoisotopic (exact) mass is 259 g/mol. The first kappa shape index (κ1) is 13.7. The van der Waals surface area contributed by atoms with Gasteiger partial charge in [0.2, 0.25) is 0 Å². The summed E-state index contributed by atoms with van der Waals surface area (Å²) in [6, 6.07) is 4.09. The van der Waals surface area contributed by atoms with Crippen molar-refractivity contribution < 1.29 is 0 Å². The molecule has 2 rings (SSSR count). The molecule has 1 atom stereocenters. The number of nitrogens with zero attached hydrogens (tertiary/aromatic N) is 4. The van der Waals surface area contributed by atoms with Gasteiger partial charge in [-0.05, 0) is 25.0 Å². The van der Waals surface area contributed by atoms with Crippen LogP contribution in [0.2, 0.25) is 0 Å². The first-order chi connectivity index (χ1) is 9.15. The van der Waals surface area contributed by atoms with E-state index in [0.29, 0.717) is 0 Å². The van der Waals surface area contributed by atoms with Gasteiger partial charge in [0.1, 0.15) is 5.82 Å². The van der Waals surface area contributed by atoms with E-state index in [4.69, 9.17) is 5.73 Å². The molecule has 0 spiro atoms. The lowest BCUT2D eigenvalue weighted by Gasteiger charge is -2.11. The molecule has 0 bridgehead atoms. The Hall–Kier alpha value is -1.75. The number of pyridine rings is 1. The minimum atomic E-state index is 0.0993. The van der Waals surface area contributed by atoms with Gasteiger partial charge in [-0.1, -0.05) is 19.9 Å². The maximum Gasteiger partial charge on any atom is 0.158 e. The van der Waals surface area contributed by atoms with Crippen molar-refractivity contribution in [3.63, 3.8) is 0 Å². The third-order valence-corrected chi connectivity index (χ3v) is 2.96. The Bertz CT molecular complexity index is 545. The van der Waals surface area contributed by atoms with Crippen LogP contribution >= 0.6 is 0 Å². The van der Waals surface area contributed by atoms with E-state index in [1.54, 1.807) is 6.20 Å². The zero-order valence-electron chi connectivity index (χ0n) is 11.8. The molecule has 1 unspecified atom stereocenters. The molecule has 0 aliphatic rings. The van der Waals surface area contributed by atoms with Crippen molar-refractivity contribution in [2.75, 3.05) is 0 Å². The summed E-state index contributed by atoms with van der Waals surface area (Å²) in [6.45, 7) is 6.13. The maximum absolute atomic E-state index is 5.90. The highest BCUT2D eigenvalue weighted by Gasteiger charge is 2.14. The van der Waals surface area contributed by atoms with Crippen LogP contribution in [0.15, 0.2) is 18.3 Å². The summed E-state index contributed by atoms with van der Waals surface area (Å²) in [5.74, 6) is 2.65. The van der Waals surface area contributed by atoms with E-state index >= 15 is 0 Å². The summed E-state index contributed by atoms with van der Waals surface area (Å²) in [7, 11) is 0. The van der Waals surface area contributed by atoms with Crippen LogP contribution in [-0.2, 0) is 19.3 Å². The second kappa shape index (κ2) is 5.93. The van der Waals surface area contributed by atoms with Gasteiger partial charge in [-0.3, -0.25) is 0 Å². The third kappa shape index (κ3) is 2.98. The molecule has 2 aromatic heterocycles. The molecule has 19 heavy (non-hydrogen) atoms. The fourth-order valence-electron chi connectivity index (χ4n) is 2.07. The molecule has 5 heteroatoms. The van der Waals surface area contributed by atoms with Gasteiger partial charge >= 0.3 is 0 Å². The second-order valence-electron chi connectivity index (χ2n) is 4.73. The maximum atomic E-state index is 5.90. The van der Waals surface area contributed by atoms with E-state index in [9.17, 15) is 0 Å². The quantitative estimate of drug-likeness (QED) is 0.887. The van der Waals surface area contributed by atoms with E-state index in [-0.39, 0.29) is 6.04 Å². The van der Waals surface area contributed by atoms with Gasteiger partial charge < -0.3 is 5.73 Å². The van der Waals surface area contributed by atoms with Crippen molar-refractivity contribution in [1.29, 1.82) is 0 Å². The highest BCUT2D eigenvalue weighted by Crippen LogP contribution is 2.15. The van der Waals surface area contributed by atoms with Crippen molar-refractivity contribution in [2.24, 2.45) is 5.73 Å². The Kier molecular flexibility index (Phi) is 4.27. The zero-order chi connectivity index (χ0) is 13.8. The molecule has 0 radical (unpaired) electrons. The predicted molar refractivity (Wildman–Crippen MR) is 75.3 cm³/mol. The summed E-state index contributed by atoms with van der Waals surface area (Å²) in [5, 5.41) is 4.54. The van der Waals surface area contributed by atoms with E-state index < -0.39 is 0 Å². The molecule has 2 aromatic rings. The number of aryl methyl sites for hydroxylation is 2. The standard InChI is InChI=1S/C14H21N5/c1-4-12-17-13(5-2)19(18-12)14-11(9-10(3)15)7-6-8-16-14/h6-8,10H,4-5,9,15H2,1-3H3. The van der Waals surface area contributed by atoms with Gasteiger partial charge in [-0.15, -0.1) is 5.10 Å². The number of hydrogen-bond acceptors (Lipinski definition) is 4. The first-order valence-electron chi connectivity index (χ1n) is 6.80. The van der Waals surface area contributed by atoms with E-state index in [2.05, 4.69) is 35.0 Å². The lowest BCUT2D eigenvalue weighted by molar-refractivity contribution is 0.707. The van der Waals surface area contributed by atoms with Crippen LogP contribution in [0.5, 0.6) is 0 Å². The van der Waals surface area contributed by atoms with Crippen molar-refractivity contribution >= 4 is 0 Å². The van der Waals surface area contributed by atoms with Crippen LogP contribution < -0.4 is 5.73 Å². The highest BCUT2D eigenvalue weighted by atomic mass is 15.4. The van der Waals surface area contributed by atoms with Crippen LogP contribution in [0.3, 0.4) is 0 Å². The van der Waals surface area contributed by atoms with Crippen LogP contribution in [0, 0.1) is 0 Å². The smallest absolute Gasteiger partial charge is 0.158 e. The largest absolute Gasteiger partial charge is 0.328 e. The number of aromatic nitrogens is 4. The molecule has 0 saturated heterocycles. The van der Waals surface area contributed by atoms with Gasteiger partial charge in [-0.2, -0.15) is 4.68 Å².